The Kier molecular flexibility index (Phi) is 3.49. The molecule has 1 heterocycles. The van der Waals surface area contributed by atoms with Crippen molar-refractivity contribution in [2.45, 2.75) is 0 Å². The average molecular weight is 307 g/mol. The number of amides is 1. The molecule has 0 fully saturated rings. The van der Waals surface area contributed by atoms with Gasteiger partial charge in [-0.25, -0.2) is 4.79 Å². The molecule has 0 saturated heterocycles. The molecule has 0 bridgehead atoms. The number of hydrogen-bond acceptors (Lipinski definition) is 5. The van der Waals surface area contributed by atoms with Crippen LogP contribution in [0.25, 0.3) is 10.9 Å². The minimum absolute atomic E-state index is 0.0127. The molecule has 2 aromatic carbocycles. The van der Waals surface area contributed by atoms with Gasteiger partial charge in [0.2, 0.25) is 5.76 Å². The lowest BCUT2D eigenvalue weighted by molar-refractivity contribution is 0.0698. The number of benzene rings is 2. The van der Waals surface area contributed by atoms with Crippen LogP contribution in [0.15, 0.2) is 47.0 Å². The fourth-order valence-corrected chi connectivity index (χ4v) is 2.13. The number of nitrogens with one attached hydrogen (secondary N) is 1. The van der Waals surface area contributed by atoms with Gasteiger partial charge in [0.15, 0.2) is 0 Å². The fraction of sp³-hybridized carbons (Fsp3) is 0. The number of nitriles is 1. The number of carboxylic acid groups (broad SMARTS) is 1. The number of carbonyl (C=O) groups excluding carboxylic acids is 1. The fourth-order valence-electron chi connectivity index (χ4n) is 2.13. The maximum atomic E-state index is 12.3. The third kappa shape index (κ3) is 2.61. The molecule has 1 aromatic heterocycles. The van der Waals surface area contributed by atoms with Crippen molar-refractivity contribution in [3.8, 4) is 6.07 Å². The Balaban J connectivity index is 1.97. The van der Waals surface area contributed by atoms with Crippen LogP contribution >= 0.6 is 0 Å². The highest BCUT2D eigenvalue weighted by atomic mass is 16.5. The highest BCUT2D eigenvalue weighted by Crippen LogP contribution is 2.22. The smallest absolute Gasteiger partial charge is 0.337 e. The van der Waals surface area contributed by atoms with E-state index in [0.717, 1.165) is 0 Å². The van der Waals surface area contributed by atoms with E-state index in [4.69, 9.17) is 9.78 Å². The van der Waals surface area contributed by atoms with E-state index in [1.54, 1.807) is 24.3 Å². The van der Waals surface area contributed by atoms with E-state index in [9.17, 15) is 14.7 Å². The minimum atomic E-state index is -1.25. The number of rotatable bonds is 3. The average Bonchev–Trinajstić information content (AvgIpc) is 2.99. The molecule has 23 heavy (non-hydrogen) atoms. The molecule has 2 N–H and O–H groups in total. The molecule has 0 atom stereocenters. The minimum Gasteiger partial charge on any atom is -0.478 e. The van der Waals surface area contributed by atoms with Crippen molar-refractivity contribution in [2.24, 2.45) is 0 Å². The van der Waals surface area contributed by atoms with Gasteiger partial charge in [0.05, 0.1) is 28.3 Å². The van der Waals surface area contributed by atoms with E-state index in [0.29, 0.717) is 10.9 Å². The highest BCUT2D eigenvalue weighted by Gasteiger charge is 2.19. The molecule has 3 aromatic rings. The topological polar surface area (TPSA) is 116 Å². The number of anilines is 1. The zero-order chi connectivity index (χ0) is 16.4. The second-order valence-electron chi connectivity index (χ2n) is 4.66. The second-order valence-corrected chi connectivity index (χ2v) is 4.66. The van der Waals surface area contributed by atoms with Crippen LogP contribution in [0.5, 0.6) is 0 Å². The zero-order valence-corrected chi connectivity index (χ0v) is 11.6. The van der Waals surface area contributed by atoms with Crippen molar-refractivity contribution in [1.82, 2.24) is 5.16 Å². The van der Waals surface area contributed by atoms with Gasteiger partial charge >= 0.3 is 5.97 Å². The Morgan fingerprint density at radius 3 is 2.74 bits per heavy atom. The van der Waals surface area contributed by atoms with Gasteiger partial charge in [0.25, 0.3) is 5.91 Å². The summed E-state index contributed by atoms with van der Waals surface area (Å²) in [4.78, 5) is 23.6. The molecular formula is C16H9N3O4. The molecule has 0 aliphatic rings. The normalized spacial score (nSPS) is 10.2. The maximum Gasteiger partial charge on any atom is 0.337 e. The van der Waals surface area contributed by atoms with E-state index in [2.05, 4.69) is 10.5 Å². The third-order valence-electron chi connectivity index (χ3n) is 3.22. The number of nitrogens with zero attached hydrogens (tertiary/aromatic N) is 2. The van der Waals surface area contributed by atoms with Crippen molar-refractivity contribution < 1.29 is 19.2 Å². The Labute approximate surface area is 129 Å². The molecule has 7 heteroatoms. The molecule has 0 spiro atoms. The predicted molar refractivity (Wildman–Crippen MR) is 80.1 cm³/mol. The molecule has 1 amide bonds. The van der Waals surface area contributed by atoms with Gasteiger partial charge < -0.3 is 14.9 Å². The number of hydrogen-bond donors (Lipinski definition) is 2. The quantitative estimate of drug-likeness (QED) is 0.768. The number of aromatic carboxylic acids is 1. The van der Waals surface area contributed by atoms with E-state index >= 15 is 0 Å². The van der Waals surface area contributed by atoms with Gasteiger partial charge in [-0.2, -0.15) is 5.26 Å². The number of carbonyl (C=O) groups is 2. The summed E-state index contributed by atoms with van der Waals surface area (Å²) in [6, 6.07) is 12.7. The maximum absolute atomic E-state index is 12.3. The summed E-state index contributed by atoms with van der Waals surface area (Å²) >= 11 is 0. The number of fused-ring (bicyclic) bond motifs is 1. The van der Waals surface area contributed by atoms with Gasteiger partial charge in [-0.15, -0.1) is 0 Å². The highest BCUT2D eigenvalue weighted by molar-refractivity contribution is 6.12. The van der Waals surface area contributed by atoms with Crippen molar-refractivity contribution >= 4 is 28.5 Å². The monoisotopic (exact) mass is 307 g/mol. The van der Waals surface area contributed by atoms with Crippen LogP contribution in [0.3, 0.4) is 0 Å². The largest absolute Gasteiger partial charge is 0.478 e. The van der Waals surface area contributed by atoms with Gasteiger partial charge in [-0.3, -0.25) is 4.79 Å². The van der Waals surface area contributed by atoms with Gasteiger partial charge in [-0.05, 0) is 30.3 Å². The zero-order valence-electron chi connectivity index (χ0n) is 11.6. The van der Waals surface area contributed by atoms with Gasteiger partial charge in [0.1, 0.15) is 5.52 Å². The summed E-state index contributed by atoms with van der Waals surface area (Å²) in [6.45, 7) is 0. The Bertz CT molecular complexity index is 969. The van der Waals surface area contributed by atoms with Crippen LogP contribution in [0.4, 0.5) is 5.69 Å². The van der Waals surface area contributed by atoms with Crippen LogP contribution in [0, 0.1) is 11.3 Å². The second kappa shape index (κ2) is 5.61. The van der Waals surface area contributed by atoms with Crippen LogP contribution < -0.4 is 5.32 Å². The van der Waals surface area contributed by atoms with Crippen LogP contribution in [-0.4, -0.2) is 22.1 Å². The summed E-state index contributed by atoms with van der Waals surface area (Å²) < 4.78 is 5.03. The van der Waals surface area contributed by atoms with Crippen LogP contribution in [-0.2, 0) is 0 Å². The summed E-state index contributed by atoms with van der Waals surface area (Å²) in [5.41, 5.74) is 0.602. The predicted octanol–water partition coefficient (Wildman–Crippen LogP) is 2.65. The first kappa shape index (κ1) is 14.3. The summed E-state index contributed by atoms with van der Waals surface area (Å²) in [7, 11) is 0. The lowest BCUT2D eigenvalue weighted by atomic mass is 10.1. The van der Waals surface area contributed by atoms with Crippen molar-refractivity contribution in [1.29, 1.82) is 5.26 Å². The standard InChI is InChI=1S/C16H9N3O4/c17-8-9-5-6-12(11(7-9)16(21)22)18-15(20)14-10-3-1-2-4-13(10)19-23-14/h1-7H,(H,18,20)(H,21,22). The summed E-state index contributed by atoms with van der Waals surface area (Å²) in [5.74, 6) is -1.88. The van der Waals surface area contributed by atoms with Gasteiger partial charge in [0, 0.05) is 0 Å². The Morgan fingerprint density at radius 2 is 2.00 bits per heavy atom. The van der Waals surface area contributed by atoms with Crippen LogP contribution in [0.1, 0.15) is 26.5 Å². The lowest BCUT2D eigenvalue weighted by Crippen LogP contribution is -2.14. The molecule has 0 aliphatic heterocycles. The Hall–Kier alpha value is -3.66. The van der Waals surface area contributed by atoms with E-state index < -0.39 is 11.9 Å². The van der Waals surface area contributed by atoms with Crippen LogP contribution in [0.2, 0.25) is 0 Å². The molecule has 112 valence electrons. The van der Waals surface area contributed by atoms with Crippen molar-refractivity contribution in [3.05, 3.63) is 59.4 Å². The first-order chi connectivity index (χ1) is 11.1. The van der Waals surface area contributed by atoms with E-state index in [1.165, 1.54) is 18.2 Å². The number of carboxylic acids is 1. The number of aromatic nitrogens is 1. The molecule has 0 saturated carbocycles. The SMILES string of the molecule is N#Cc1ccc(NC(=O)c2onc3ccccc23)c(C(=O)O)c1. The first-order valence-corrected chi connectivity index (χ1v) is 6.53. The molecule has 3 rings (SSSR count). The lowest BCUT2D eigenvalue weighted by Gasteiger charge is -2.07. The molecule has 0 unspecified atom stereocenters. The van der Waals surface area contributed by atoms with Crippen molar-refractivity contribution in [3.63, 3.8) is 0 Å². The first-order valence-electron chi connectivity index (χ1n) is 6.53. The van der Waals surface area contributed by atoms with E-state index in [1.807, 2.05) is 6.07 Å². The molecular weight excluding hydrogens is 298 g/mol. The van der Waals surface area contributed by atoms with Crippen molar-refractivity contribution in [2.75, 3.05) is 5.32 Å². The Morgan fingerprint density at radius 1 is 1.22 bits per heavy atom. The summed E-state index contributed by atoms with van der Waals surface area (Å²) in [5, 5.41) is 24.8. The summed E-state index contributed by atoms with van der Waals surface area (Å²) in [6.07, 6.45) is 0. The third-order valence-corrected chi connectivity index (χ3v) is 3.22. The van der Waals surface area contributed by atoms with E-state index in [-0.39, 0.29) is 22.6 Å². The molecule has 0 radical (unpaired) electrons. The molecule has 7 nitrogen and oxygen atoms in total. The van der Waals surface area contributed by atoms with Gasteiger partial charge in [-0.1, -0.05) is 17.3 Å². The molecule has 0 aliphatic carbocycles.